The van der Waals surface area contributed by atoms with E-state index in [1.165, 1.54) is 12.8 Å². The van der Waals surface area contributed by atoms with Crippen molar-refractivity contribution in [2.24, 2.45) is 0 Å². The molecule has 1 saturated heterocycles. The minimum atomic E-state index is -0.0673. The number of hydrogen-bond acceptors (Lipinski definition) is 2. The van der Waals surface area contributed by atoms with E-state index >= 15 is 0 Å². The molecule has 1 fully saturated rings. The zero-order valence-electron chi connectivity index (χ0n) is 12.2. The average molecular weight is 334 g/mol. The molecule has 1 aliphatic heterocycles. The van der Waals surface area contributed by atoms with E-state index in [0.717, 1.165) is 25.2 Å². The van der Waals surface area contributed by atoms with Gasteiger partial charge in [-0.15, -0.1) is 0 Å². The molecule has 0 atom stereocenters. The molecule has 0 aliphatic carbocycles. The van der Waals surface area contributed by atoms with Gasteiger partial charge in [0.2, 0.25) is 0 Å². The van der Waals surface area contributed by atoms with Crippen molar-refractivity contribution in [2.75, 3.05) is 13.1 Å². The lowest BCUT2D eigenvalue weighted by atomic mass is 9.98. The maximum Gasteiger partial charge on any atom is 0.194 e. The van der Waals surface area contributed by atoms with Gasteiger partial charge in [0.1, 0.15) is 0 Å². The van der Waals surface area contributed by atoms with Gasteiger partial charge in [-0.3, -0.25) is 9.69 Å². The van der Waals surface area contributed by atoms with Crippen LogP contribution in [0, 0.1) is 0 Å². The number of likely N-dealkylation sites (tertiary alicyclic amines) is 1. The molecule has 2 nitrogen and oxygen atoms in total. The first-order valence-corrected chi connectivity index (χ1v) is 8.21. The zero-order valence-corrected chi connectivity index (χ0v) is 13.7. The van der Waals surface area contributed by atoms with Crippen LogP contribution < -0.4 is 0 Å². The second-order valence-electron chi connectivity index (χ2n) is 5.59. The van der Waals surface area contributed by atoms with Gasteiger partial charge >= 0.3 is 0 Å². The highest BCUT2D eigenvalue weighted by Crippen LogP contribution is 2.25. The van der Waals surface area contributed by atoms with Crippen molar-refractivity contribution >= 4 is 29.0 Å². The van der Waals surface area contributed by atoms with E-state index in [1.807, 2.05) is 24.3 Å². The van der Waals surface area contributed by atoms with Gasteiger partial charge < -0.3 is 0 Å². The molecule has 0 bridgehead atoms. The molecule has 4 heteroatoms. The lowest BCUT2D eigenvalue weighted by Gasteiger charge is -2.17. The summed E-state index contributed by atoms with van der Waals surface area (Å²) >= 11 is 12.2. The van der Waals surface area contributed by atoms with Crippen molar-refractivity contribution in [1.82, 2.24) is 4.90 Å². The fourth-order valence-electron chi connectivity index (χ4n) is 2.88. The molecule has 0 aromatic heterocycles. The van der Waals surface area contributed by atoms with E-state index in [2.05, 4.69) is 4.90 Å². The smallest absolute Gasteiger partial charge is 0.194 e. The summed E-state index contributed by atoms with van der Waals surface area (Å²) in [5, 5.41) is 0.954. The third-order valence-corrected chi connectivity index (χ3v) is 4.59. The van der Waals surface area contributed by atoms with Crippen LogP contribution in [0.15, 0.2) is 42.5 Å². The third-order valence-electron chi connectivity index (χ3n) is 4.03. The van der Waals surface area contributed by atoms with E-state index in [9.17, 15) is 4.79 Å². The van der Waals surface area contributed by atoms with Gasteiger partial charge in [0.15, 0.2) is 5.78 Å². The van der Waals surface area contributed by atoms with Gasteiger partial charge in [-0.05, 0) is 49.7 Å². The van der Waals surface area contributed by atoms with Crippen molar-refractivity contribution in [1.29, 1.82) is 0 Å². The van der Waals surface area contributed by atoms with Gasteiger partial charge in [-0.2, -0.15) is 0 Å². The first kappa shape index (κ1) is 15.5. The van der Waals surface area contributed by atoms with Crippen LogP contribution in [0.4, 0.5) is 0 Å². The van der Waals surface area contributed by atoms with Crippen LogP contribution in [0.1, 0.15) is 34.3 Å². The molecular formula is C18H17Cl2NO. The molecule has 2 aromatic carbocycles. The zero-order chi connectivity index (χ0) is 15.5. The molecule has 22 heavy (non-hydrogen) atoms. The monoisotopic (exact) mass is 333 g/mol. The van der Waals surface area contributed by atoms with Crippen molar-refractivity contribution < 1.29 is 4.79 Å². The van der Waals surface area contributed by atoms with Gasteiger partial charge in [-0.25, -0.2) is 0 Å². The van der Waals surface area contributed by atoms with E-state index < -0.39 is 0 Å². The van der Waals surface area contributed by atoms with E-state index in [4.69, 9.17) is 23.2 Å². The van der Waals surface area contributed by atoms with Crippen LogP contribution in [-0.2, 0) is 6.54 Å². The van der Waals surface area contributed by atoms with E-state index in [-0.39, 0.29) is 5.78 Å². The number of carbonyl (C=O) groups excluding carboxylic acids is 1. The van der Waals surface area contributed by atoms with Crippen LogP contribution in [0.3, 0.4) is 0 Å². The Morgan fingerprint density at radius 2 is 1.73 bits per heavy atom. The van der Waals surface area contributed by atoms with Crippen LogP contribution >= 0.6 is 23.2 Å². The Labute approximate surface area is 140 Å². The first-order chi connectivity index (χ1) is 10.6. The quantitative estimate of drug-likeness (QED) is 0.747. The summed E-state index contributed by atoms with van der Waals surface area (Å²) in [6.45, 7) is 3.00. The molecule has 0 radical (unpaired) electrons. The summed E-state index contributed by atoms with van der Waals surface area (Å²) < 4.78 is 0. The Bertz CT molecular complexity index is 693. The number of halogens is 2. The number of ketones is 1. The predicted octanol–water partition coefficient (Wildman–Crippen LogP) is 4.82. The topological polar surface area (TPSA) is 20.3 Å². The Balaban J connectivity index is 1.93. The fraction of sp³-hybridized carbons (Fsp3) is 0.278. The second kappa shape index (κ2) is 6.82. The van der Waals surface area contributed by atoms with Crippen molar-refractivity contribution in [3.8, 4) is 0 Å². The number of hydrogen-bond donors (Lipinski definition) is 0. The molecule has 0 N–H and O–H groups in total. The Morgan fingerprint density at radius 3 is 2.50 bits per heavy atom. The molecule has 1 heterocycles. The Hall–Kier alpha value is -1.35. The van der Waals surface area contributed by atoms with Crippen LogP contribution in [0.5, 0.6) is 0 Å². The minimum Gasteiger partial charge on any atom is -0.299 e. The first-order valence-electron chi connectivity index (χ1n) is 7.45. The minimum absolute atomic E-state index is 0.0673. The molecule has 0 amide bonds. The summed E-state index contributed by atoms with van der Waals surface area (Å²) in [6, 6.07) is 12.7. The Morgan fingerprint density at radius 1 is 1.00 bits per heavy atom. The highest BCUT2D eigenvalue weighted by molar-refractivity contribution is 6.36. The molecule has 114 valence electrons. The Kier molecular flexibility index (Phi) is 4.82. The SMILES string of the molecule is O=C(c1cc(Cl)ccc1Cl)c1ccccc1CN1CCCC1. The highest BCUT2D eigenvalue weighted by Gasteiger charge is 2.19. The summed E-state index contributed by atoms with van der Waals surface area (Å²) in [4.78, 5) is 15.2. The second-order valence-corrected chi connectivity index (χ2v) is 6.44. The van der Waals surface area contributed by atoms with Crippen molar-refractivity contribution in [2.45, 2.75) is 19.4 Å². The van der Waals surface area contributed by atoms with Crippen molar-refractivity contribution in [3.05, 3.63) is 69.2 Å². The summed E-state index contributed by atoms with van der Waals surface area (Å²) in [5.41, 5.74) is 2.21. The van der Waals surface area contributed by atoms with Crippen LogP contribution in [0.2, 0.25) is 10.0 Å². The van der Waals surface area contributed by atoms with Gasteiger partial charge in [0.25, 0.3) is 0 Å². The van der Waals surface area contributed by atoms with Crippen molar-refractivity contribution in [3.63, 3.8) is 0 Å². The average Bonchev–Trinajstić information content (AvgIpc) is 3.02. The molecule has 2 aromatic rings. The largest absolute Gasteiger partial charge is 0.299 e. The number of carbonyl (C=O) groups is 1. The molecule has 0 unspecified atom stereocenters. The molecule has 0 spiro atoms. The fourth-order valence-corrected chi connectivity index (χ4v) is 3.25. The maximum absolute atomic E-state index is 12.9. The molecule has 3 rings (SSSR count). The van der Waals surface area contributed by atoms with Gasteiger partial charge in [-0.1, -0.05) is 47.5 Å². The number of nitrogens with zero attached hydrogens (tertiary/aromatic N) is 1. The normalized spacial score (nSPS) is 15.2. The molecule has 0 saturated carbocycles. The highest BCUT2D eigenvalue weighted by atomic mass is 35.5. The third kappa shape index (κ3) is 3.35. The summed E-state index contributed by atoms with van der Waals surface area (Å²) in [5.74, 6) is -0.0673. The van der Waals surface area contributed by atoms with E-state index in [0.29, 0.717) is 21.2 Å². The van der Waals surface area contributed by atoms with Crippen LogP contribution in [-0.4, -0.2) is 23.8 Å². The van der Waals surface area contributed by atoms with Gasteiger partial charge in [0.05, 0.1) is 5.02 Å². The molecule has 1 aliphatic rings. The van der Waals surface area contributed by atoms with E-state index in [1.54, 1.807) is 18.2 Å². The lowest BCUT2D eigenvalue weighted by Crippen LogP contribution is -2.20. The number of rotatable bonds is 4. The predicted molar refractivity (Wildman–Crippen MR) is 90.8 cm³/mol. The lowest BCUT2D eigenvalue weighted by molar-refractivity contribution is 0.103. The summed E-state index contributed by atoms with van der Waals surface area (Å²) in [7, 11) is 0. The standard InChI is InChI=1S/C18H17Cl2NO/c19-14-7-8-17(20)16(11-14)18(22)15-6-2-1-5-13(15)12-21-9-3-4-10-21/h1-2,5-8,11H,3-4,9-10,12H2. The maximum atomic E-state index is 12.9. The van der Waals surface area contributed by atoms with Gasteiger partial charge in [0, 0.05) is 22.7 Å². The molecular weight excluding hydrogens is 317 g/mol. The van der Waals surface area contributed by atoms with Crippen LogP contribution in [0.25, 0.3) is 0 Å². The number of benzene rings is 2. The summed E-state index contributed by atoms with van der Waals surface area (Å²) in [6.07, 6.45) is 2.46.